The Morgan fingerprint density at radius 1 is 1.17 bits per heavy atom. The quantitative estimate of drug-likeness (QED) is 0.746. The number of hydrogen-bond acceptors (Lipinski definition) is 6. The number of aryl methyl sites for hydroxylation is 1. The van der Waals surface area contributed by atoms with E-state index in [1.165, 1.54) is 16.9 Å². The summed E-state index contributed by atoms with van der Waals surface area (Å²) in [4.78, 5) is 23.5. The van der Waals surface area contributed by atoms with Gasteiger partial charge in [-0.25, -0.2) is 4.98 Å². The number of nitrogens with one attached hydrogen (secondary N) is 1. The van der Waals surface area contributed by atoms with Crippen LogP contribution in [0.2, 0.25) is 0 Å². The first-order valence-electron chi connectivity index (χ1n) is 10.1. The van der Waals surface area contributed by atoms with Crippen LogP contribution in [0.25, 0.3) is 0 Å². The van der Waals surface area contributed by atoms with Gasteiger partial charge in [0.1, 0.15) is 4.88 Å². The minimum absolute atomic E-state index is 0. The number of carbonyl (C=O) groups excluding carboxylic acids is 1. The van der Waals surface area contributed by atoms with E-state index in [-0.39, 0.29) is 36.8 Å². The molecule has 0 radical (unpaired) electrons. The molecule has 3 aliphatic heterocycles. The summed E-state index contributed by atoms with van der Waals surface area (Å²) in [5.74, 6) is 1.15. The average Bonchev–Trinajstić information content (AvgIpc) is 3.43. The number of carbonyl (C=O) groups is 1. The summed E-state index contributed by atoms with van der Waals surface area (Å²) < 4.78 is 5.45. The van der Waals surface area contributed by atoms with Gasteiger partial charge >= 0.3 is 0 Å². The van der Waals surface area contributed by atoms with Gasteiger partial charge in [-0.3, -0.25) is 4.79 Å². The Hall–Kier alpha value is -1.38. The molecule has 3 fully saturated rings. The Morgan fingerprint density at radius 2 is 1.90 bits per heavy atom. The average molecular weight is 471 g/mol. The van der Waals surface area contributed by atoms with E-state index in [0.29, 0.717) is 11.8 Å². The number of benzene rings is 1. The third kappa shape index (κ3) is 4.18. The predicted octanol–water partition coefficient (Wildman–Crippen LogP) is 3.16. The summed E-state index contributed by atoms with van der Waals surface area (Å²) in [6, 6.07) is 10.6. The molecule has 1 amide bonds. The topological polar surface area (TPSA) is 57.7 Å². The lowest BCUT2D eigenvalue weighted by Crippen LogP contribution is -2.36. The number of ether oxygens (including phenoxy) is 1. The molecular weight excluding hydrogens is 443 g/mol. The zero-order valence-corrected chi connectivity index (χ0v) is 19.4. The minimum Gasteiger partial charge on any atom is -0.378 e. The summed E-state index contributed by atoms with van der Waals surface area (Å²) in [6.07, 6.45) is 0. The van der Waals surface area contributed by atoms with Gasteiger partial charge in [0, 0.05) is 38.6 Å². The van der Waals surface area contributed by atoms with Crippen LogP contribution >= 0.6 is 36.2 Å². The Kier molecular flexibility index (Phi) is 7.63. The van der Waals surface area contributed by atoms with Gasteiger partial charge in [-0.05, 0) is 18.4 Å². The second kappa shape index (κ2) is 9.83. The molecule has 3 aliphatic rings. The molecule has 5 rings (SSSR count). The Bertz CT molecular complexity index is 860. The monoisotopic (exact) mass is 470 g/mol. The molecule has 0 saturated carbocycles. The molecule has 2 aromatic rings. The largest absolute Gasteiger partial charge is 0.378 e. The number of anilines is 1. The number of rotatable bonds is 3. The summed E-state index contributed by atoms with van der Waals surface area (Å²) in [6.45, 7) is 7.89. The van der Waals surface area contributed by atoms with E-state index in [1.54, 1.807) is 0 Å². The van der Waals surface area contributed by atoms with Crippen molar-refractivity contribution in [1.29, 1.82) is 0 Å². The first-order valence-corrected chi connectivity index (χ1v) is 10.9. The van der Waals surface area contributed by atoms with Crippen molar-refractivity contribution in [2.24, 2.45) is 11.8 Å². The van der Waals surface area contributed by atoms with Crippen LogP contribution in [0, 0.1) is 18.8 Å². The molecule has 164 valence electrons. The van der Waals surface area contributed by atoms with E-state index >= 15 is 0 Å². The van der Waals surface area contributed by atoms with E-state index < -0.39 is 0 Å². The van der Waals surface area contributed by atoms with Crippen molar-refractivity contribution < 1.29 is 9.53 Å². The molecule has 1 aromatic heterocycles. The zero-order valence-electron chi connectivity index (χ0n) is 17.0. The van der Waals surface area contributed by atoms with Crippen LogP contribution in [0.3, 0.4) is 0 Å². The SMILES string of the molecule is Cc1nc(N2CCOCC2)sc1C(=O)N1C[C@@H]2CNC[C@@H]2[C@@H]1c1ccccc1.Cl.Cl. The fourth-order valence-corrected chi connectivity index (χ4v) is 5.88. The highest BCUT2D eigenvalue weighted by Crippen LogP contribution is 2.44. The molecule has 0 bridgehead atoms. The van der Waals surface area contributed by atoms with Gasteiger partial charge in [0.05, 0.1) is 24.9 Å². The van der Waals surface area contributed by atoms with Crippen LogP contribution in [-0.2, 0) is 4.74 Å². The van der Waals surface area contributed by atoms with Gasteiger partial charge in [0.25, 0.3) is 5.91 Å². The molecule has 0 aliphatic carbocycles. The summed E-state index contributed by atoms with van der Waals surface area (Å²) in [5, 5.41) is 4.46. The molecule has 4 heterocycles. The van der Waals surface area contributed by atoms with Gasteiger partial charge < -0.3 is 19.9 Å². The molecule has 6 nitrogen and oxygen atoms in total. The number of fused-ring (bicyclic) bond motifs is 1. The van der Waals surface area contributed by atoms with Crippen molar-refractivity contribution >= 4 is 47.2 Å². The third-order valence-electron chi connectivity index (χ3n) is 6.23. The second-order valence-corrected chi connectivity index (χ2v) is 8.88. The van der Waals surface area contributed by atoms with Gasteiger partial charge in [0.2, 0.25) is 0 Å². The smallest absolute Gasteiger partial charge is 0.266 e. The van der Waals surface area contributed by atoms with Crippen molar-refractivity contribution in [2.75, 3.05) is 50.8 Å². The highest BCUT2D eigenvalue weighted by atomic mass is 35.5. The van der Waals surface area contributed by atoms with Crippen LogP contribution in [-0.4, -0.2) is 61.7 Å². The second-order valence-electron chi connectivity index (χ2n) is 7.91. The van der Waals surface area contributed by atoms with E-state index in [4.69, 9.17) is 9.72 Å². The number of nitrogens with zero attached hydrogens (tertiary/aromatic N) is 3. The van der Waals surface area contributed by atoms with E-state index in [0.717, 1.165) is 61.6 Å². The van der Waals surface area contributed by atoms with Crippen molar-refractivity contribution in [2.45, 2.75) is 13.0 Å². The van der Waals surface area contributed by atoms with Crippen molar-refractivity contribution in [3.05, 3.63) is 46.5 Å². The maximum absolute atomic E-state index is 13.6. The van der Waals surface area contributed by atoms with Gasteiger partial charge in [0.15, 0.2) is 5.13 Å². The Morgan fingerprint density at radius 3 is 2.63 bits per heavy atom. The molecule has 0 unspecified atom stereocenters. The number of halogens is 2. The first kappa shape index (κ1) is 23.3. The fraction of sp³-hybridized carbons (Fsp3) is 0.524. The van der Waals surface area contributed by atoms with E-state index in [2.05, 4.69) is 39.4 Å². The van der Waals surface area contributed by atoms with Crippen LogP contribution < -0.4 is 10.2 Å². The molecule has 0 spiro atoms. The normalized spacial score (nSPS) is 25.4. The third-order valence-corrected chi connectivity index (χ3v) is 7.43. The number of amides is 1. The molecule has 1 aromatic carbocycles. The standard InChI is InChI=1S/C21H26N4O2S.2ClH/c1-14-19(28-21(23-14)24-7-9-27-10-8-24)20(26)25-13-16-11-22-12-17(16)18(25)15-5-3-2-4-6-15;;/h2-6,16-18,22H,7-13H2,1H3;2*1H/t16-,17-,18-;;/m0../s1. The van der Waals surface area contributed by atoms with Crippen LogP contribution in [0.1, 0.15) is 27.0 Å². The number of morpholine rings is 1. The number of hydrogen-bond donors (Lipinski definition) is 1. The first-order chi connectivity index (χ1) is 13.7. The highest BCUT2D eigenvalue weighted by molar-refractivity contribution is 7.17. The Labute approximate surface area is 193 Å². The summed E-state index contributed by atoms with van der Waals surface area (Å²) >= 11 is 1.54. The predicted molar refractivity (Wildman–Crippen MR) is 124 cm³/mol. The van der Waals surface area contributed by atoms with Gasteiger partial charge in [-0.2, -0.15) is 0 Å². The summed E-state index contributed by atoms with van der Waals surface area (Å²) in [7, 11) is 0. The minimum atomic E-state index is 0. The lowest BCUT2D eigenvalue weighted by atomic mass is 9.89. The van der Waals surface area contributed by atoms with Crippen molar-refractivity contribution in [3.8, 4) is 0 Å². The molecular formula is C21H28Cl2N4O2S. The molecule has 3 atom stereocenters. The molecule has 1 N–H and O–H groups in total. The highest BCUT2D eigenvalue weighted by Gasteiger charge is 2.47. The maximum atomic E-state index is 13.6. The maximum Gasteiger partial charge on any atom is 0.266 e. The molecule has 9 heteroatoms. The van der Waals surface area contributed by atoms with E-state index in [1.807, 2.05) is 13.0 Å². The van der Waals surface area contributed by atoms with Gasteiger partial charge in [-0.1, -0.05) is 41.7 Å². The Balaban J connectivity index is 0.00000128. The van der Waals surface area contributed by atoms with Crippen LogP contribution in [0.15, 0.2) is 30.3 Å². The van der Waals surface area contributed by atoms with Crippen molar-refractivity contribution in [1.82, 2.24) is 15.2 Å². The fourth-order valence-electron chi connectivity index (χ4n) is 4.81. The lowest BCUT2D eigenvalue weighted by Gasteiger charge is -2.28. The van der Waals surface area contributed by atoms with Gasteiger partial charge in [-0.15, -0.1) is 24.8 Å². The van der Waals surface area contributed by atoms with E-state index in [9.17, 15) is 4.79 Å². The van der Waals surface area contributed by atoms with Crippen LogP contribution in [0.5, 0.6) is 0 Å². The lowest BCUT2D eigenvalue weighted by molar-refractivity contribution is 0.0718. The van der Waals surface area contributed by atoms with Crippen molar-refractivity contribution in [3.63, 3.8) is 0 Å². The number of thiazole rings is 1. The number of likely N-dealkylation sites (tertiary alicyclic amines) is 1. The zero-order chi connectivity index (χ0) is 19.1. The van der Waals surface area contributed by atoms with Crippen LogP contribution in [0.4, 0.5) is 5.13 Å². The molecule has 3 saturated heterocycles. The molecule has 30 heavy (non-hydrogen) atoms. The number of aromatic nitrogens is 1. The summed E-state index contributed by atoms with van der Waals surface area (Å²) in [5.41, 5.74) is 2.08.